The third-order valence-electron chi connectivity index (χ3n) is 1.52. The summed E-state index contributed by atoms with van der Waals surface area (Å²) < 4.78 is 1.80. The monoisotopic (exact) mass is 166 g/mol. The number of aromatic nitrogens is 3. The molecule has 2 heterocycles. The standard InChI is InChI=1S/C6H7N4P/c7-5-2-10(11)6-4(5)1-8-3-9-6/h1-3H,7,11H2. The van der Waals surface area contributed by atoms with Crippen molar-refractivity contribution in [2.45, 2.75) is 0 Å². The molecule has 0 spiro atoms. The van der Waals surface area contributed by atoms with Gasteiger partial charge in [-0.3, -0.25) is 0 Å². The minimum atomic E-state index is 0.704. The zero-order valence-corrected chi connectivity index (χ0v) is 6.88. The molecule has 11 heavy (non-hydrogen) atoms. The molecule has 1 atom stereocenters. The molecule has 2 aromatic heterocycles. The van der Waals surface area contributed by atoms with Gasteiger partial charge >= 0.3 is 0 Å². The van der Waals surface area contributed by atoms with Crippen LogP contribution in [0.5, 0.6) is 0 Å². The summed E-state index contributed by atoms with van der Waals surface area (Å²) in [6.45, 7) is 0. The van der Waals surface area contributed by atoms with E-state index < -0.39 is 0 Å². The molecule has 0 aliphatic heterocycles. The number of hydrogen-bond acceptors (Lipinski definition) is 3. The molecule has 2 N–H and O–H groups in total. The first-order valence-electron chi connectivity index (χ1n) is 3.10. The highest BCUT2D eigenvalue weighted by Crippen LogP contribution is 2.21. The second kappa shape index (κ2) is 2.17. The van der Waals surface area contributed by atoms with Gasteiger partial charge in [-0.1, -0.05) is 0 Å². The fourth-order valence-corrected chi connectivity index (χ4v) is 1.38. The van der Waals surface area contributed by atoms with E-state index in [1.54, 1.807) is 16.7 Å². The zero-order chi connectivity index (χ0) is 7.84. The van der Waals surface area contributed by atoms with Crippen LogP contribution in [0.2, 0.25) is 0 Å². The minimum absolute atomic E-state index is 0.704. The van der Waals surface area contributed by atoms with E-state index in [1.807, 2.05) is 0 Å². The van der Waals surface area contributed by atoms with Crippen LogP contribution in [-0.2, 0) is 0 Å². The normalized spacial score (nSPS) is 10.6. The first kappa shape index (κ1) is 6.55. The Labute approximate surface area is 65.7 Å². The summed E-state index contributed by atoms with van der Waals surface area (Å²) in [4.78, 5) is 7.93. The topological polar surface area (TPSA) is 56.7 Å². The minimum Gasteiger partial charge on any atom is -0.397 e. The molecule has 56 valence electrons. The molecule has 0 saturated heterocycles. The molecule has 0 fully saturated rings. The zero-order valence-electron chi connectivity index (χ0n) is 5.73. The number of rotatable bonds is 0. The second-order valence-corrected chi connectivity index (χ2v) is 2.81. The lowest BCUT2D eigenvalue weighted by molar-refractivity contribution is 1.18. The summed E-state index contributed by atoms with van der Waals surface area (Å²) in [7, 11) is 2.51. The fraction of sp³-hybridized carbons (Fsp3) is 0. The van der Waals surface area contributed by atoms with Crippen molar-refractivity contribution in [3.63, 3.8) is 0 Å². The number of nitrogen functional groups attached to an aromatic ring is 1. The lowest BCUT2D eigenvalue weighted by atomic mass is 10.4. The Hall–Kier alpha value is -1.15. The molecule has 5 heteroatoms. The summed E-state index contributed by atoms with van der Waals surface area (Å²) in [6, 6.07) is 0. The average molecular weight is 166 g/mol. The highest BCUT2D eigenvalue weighted by Gasteiger charge is 2.02. The molecule has 0 radical (unpaired) electrons. The van der Waals surface area contributed by atoms with E-state index in [9.17, 15) is 0 Å². The van der Waals surface area contributed by atoms with Crippen molar-refractivity contribution < 1.29 is 0 Å². The lowest BCUT2D eigenvalue weighted by Crippen LogP contribution is -1.82. The van der Waals surface area contributed by atoms with Crippen molar-refractivity contribution in [1.82, 2.24) is 14.3 Å². The molecule has 0 aromatic carbocycles. The van der Waals surface area contributed by atoms with Gasteiger partial charge < -0.3 is 10.1 Å². The Balaban J connectivity index is 2.95. The molecule has 0 saturated carbocycles. The number of anilines is 1. The van der Waals surface area contributed by atoms with E-state index >= 15 is 0 Å². The van der Waals surface area contributed by atoms with E-state index in [2.05, 4.69) is 19.4 Å². The Kier molecular flexibility index (Phi) is 1.29. The Morgan fingerprint density at radius 1 is 1.55 bits per heavy atom. The third kappa shape index (κ3) is 0.870. The van der Waals surface area contributed by atoms with Gasteiger partial charge in [-0.25, -0.2) is 9.97 Å². The van der Waals surface area contributed by atoms with Crippen molar-refractivity contribution in [1.29, 1.82) is 0 Å². The predicted molar refractivity (Wildman–Crippen MR) is 47.0 cm³/mol. The van der Waals surface area contributed by atoms with Crippen LogP contribution in [0.4, 0.5) is 5.69 Å². The number of nitrogens with two attached hydrogens (primary N) is 1. The van der Waals surface area contributed by atoms with Crippen LogP contribution in [-0.4, -0.2) is 14.3 Å². The van der Waals surface area contributed by atoms with Crippen LogP contribution in [0.25, 0.3) is 11.0 Å². The molecule has 0 aliphatic carbocycles. The number of hydrogen-bond donors (Lipinski definition) is 1. The van der Waals surface area contributed by atoms with Gasteiger partial charge in [-0.2, -0.15) is 0 Å². The van der Waals surface area contributed by atoms with Gasteiger partial charge in [0.25, 0.3) is 0 Å². The highest BCUT2D eigenvalue weighted by molar-refractivity contribution is 7.14. The van der Waals surface area contributed by atoms with Crippen LogP contribution in [0.3, 0.4) is 0 Å². The largest absolute Gasteiger partial charge is 0.397 e. The summed E-state index contributed by atoms with van der Waals surface area (Å²) in [5, 5.41) is 0.891. The van der Waals surface area contributed by atoms with Crippen LogP contribution in [0.1, 0.15) is 0 Å². The average Bonchev–Trinajstić information content (AvgIpc) is 2.30. The molecule has 4 nitrogen and oxygen atoms in total. The molecular formula is C6H7N4P. The molecule has 0 aliphatic rings. The third-order valence-corrected chi connectivity index (χ3v) is 1.92. The smallest absolute Gasteiger partial charge is 0.148 e. The molecular weight excluding hydrogens is 159 g/mol. The van der Waals surface area contributed by atoms with Gasteiger partial charge in [0.05, 0.1) is 11.1 Å². The number of fused-ring (bicyclic) bond motifs is 1. The Bertz CT molecular complexity index is 358. The Morgan fingerprint density at radius 2 is 2.36 bits per heavy atom. The quantitative estimate of drug-likeness (QED) is 0.584. The summed E-state index contributed by atoms with van der Waals surface area (Å²) in [5.74, 6) is 0. The number of nitrogens with zero attached hydrogens (tertiary/aromatic N) is 3. The SMILES string of the molecule is Nc1cn(P)c2ncncc12. The van der Waals surface area contributed by atoms with Gasteiger partial charge in [-0.15, -0.1) is 0 Å². The van der Waals surface area contributed by atoms with Gasteiger partial charge in [0, 0.05) is 12.4 Å². The highest BCUT2D eigenvalue weighted by atomic mass is 31.0. The van der Waals surface area contributed by atoms with Crippen molar-refractivity contribution >= 4 is 26.1 Å². The summed E-state index contributed by atoms with van der Waals surface area (Å²) in [5.41, 5.74) is 7.20. The lowest BCUT2D eigenvalue weighted by Gasteiger charge is -1.90. The van der Waals surface area contributed by atoms with Gasteiger partial charge in [0.15, 0.2) is 0 Å². The van der Waals surface area contributed by atoms with Gasteiger partial charge in [0.2, 0.25) is 0 Å². The summed E-state index contributed by atoms with van der Waals surface area (Å²) in [6.07, 6.45) is 5.00. The van der Waals surface area contributed by atoms with Crippen molar-refractivity contribution in [3.8, 4) is 0 Å². The van der Waals surface area contributed by atoms with Crippen molar-refractivity contribution in [2.75, 3.05) is 5.73 Å². The first-order chi connectivity index (χ1) is 5.29. The van der Waals surface area contributed by atoms with Gasteiger partial charge in [0.1, 0.15) is 12.0 Å². The van der Waals surface area contributed by atoms with Crippen molar-refractivity contribution in [3.05, 3.63) is 18.7 Å². The van der Waals surface area contributed by atoms with E-state index in [0.717, 1.165) is 11.0 Å². The maximum absolute atomic E-state index is 5.66. The summed E-state index contributed by atoms with van der Waals surface area (Å²) >= 11 is 0. The Morgan fingerprint density at radius 3 is 3.09 bits per heavy atom. The maximum atomic E-state index is 5.66. The van der Waals surface area contributed by atoms with Crippen LogP contribution >= 0.6 is 9.39 Å². The first-order valence-corrected chi connectivity index (χ1v) is 3.62. The van der Waals surface area contributed by atoms with E-state index in [1.165, 1.54) is 6.33 Å². The van der Waals surface area contributed by atoms with Crippen molar-refractivity contribution in [2.24, 2.45) is 0 Å². The predicted octanol–water partition coefficient (Wildman–Crippen LogP) is 0.652. The fourth-order valence-electron chi connectivity index (χ4n) is 1.01. The van der Waals surface area contributed by atoms with Crippen LogP contribution in [0.15, 0.2) is 18.7 Å². The molecule has 2 aromatic rings. The van der Waals surface area contributed by atoms with E-state index in [0.29, 0.717) is 5.69 Å². The van der Waals surface area contributed by atoms with Crippen LogP contribution < -0.4 is 5.73 Å². The molecule has 0 bridgehead atoms. The van der Waals surface area contributed by atoms with E-state index in [4.69, 9.17) is 5.73 Å². The van der Waals surface area contributed by atoms with Crippen LogP contribution in [0, 0.1) is 0 Å². The maximum Gasteiger partial charge on any atom is 0.148 e. The molecule has 0 amide bonds. The van der Waals surface area contributed by atoms with Gasteiger partial charge in [-0.05, 0) is 9.39 Å². The second-order valence-electron chi connectivity index (χ2n) is 2.25. The van der Waals surface area contributed by atoms with E-state index in [-0.39, 0.29) is 0 Å². The molecule has 1 unspecified atom stereocenters. The molecule has 2 rings (SSSR count).